The molecule has 0 aliphatic rings. The average Bonchev–Trinajstić information content (AvgIpc) is 2.27. The highest BCUT2D eigenvalue weighted by atomic mass is 16.5. The molecule has 1 aromatic rings. The molecule has 0 bridgehead atoms. The van der Waals surface area contributed by atoms with Crippen LogP contribution in [0.4, 0.5) is 0 Å². The average molecular weight is 221 g/mol. The van der Waals surface area contributed by atoms with Gasteiger partial charge in [-0.3, -0.25) is 4.90 Å². The van der Waals surface area contributed by atoms with Crippen molar-refractivity contribution in [2.45, 2.75) is 40.3 Å². The van der Waals surface area contributed by atoms with Crippen LogP contribution in [0.25, 0.3) is 0 Å². The van der Waals surface area contributed by atoms with Crippen LogP contribution in [-0.4, -0.2) is 24.1 Å². The largest absolute Gasteiger partial charge is 0.491 e. The highest BCUT2D eigenvalue weighted by Gasteiger charge is 2.02. The molecule has 0 fully saturated rings. The van der Waals surface area contributed by atoms with E-state index in [4.69, 9.17) is 4.74 Å². The van der Waals surface area contributed by atoms with E-state index in [-0.39, 0.29) is 6.10 Å². The Kier molecular flexibility index (Phi) is 5.33. The van der Waals surface area contributed by atoms with Crippen molar-refractivity contribution in [3.8, 4) is 5.75 Å². The minimum atomic E-state index is 0.244. The SMILES string of the molecule is CCN(CC)Cc1ccc(OC(C)C)cc1. The normalized spacial score (nSPS) is 11.1. The molecule has 0 aliphatic heterocycles. The summed E-state index contributed by atoms with van der Waals surface area (Å²) in [5, 5.41) is 0. The van der Waals surface area contributed by atoms with E-state index in [1.807, 2.05) is 13.8 Å². The Bertz CT molecular complexity index is 288. The van der Waals surface area contributed by atoms with E-state index in [1.54, 1.807) is 0 Å². The number of rotatable bonds is 6. The second kappa shape index (κ2) is 6.54. The first-order valence-corrected chi connectivity index (χ1v) is 6.13. The third-order valence-electron chi connectivity index (χ3n) is 2.60. The number of hydrogen-bond donors (Lipinski definition) is 0. The van der Waals surface area contributed by atoms with Crippen LogP contribution in [0.5, 0.6) is 5.75 Å². The molecule has 2 nitrogen and oxygen atoms in total. The second-order valence-corrected chi connectivity index (χ2v) is 4.27. The van der Waals surface area contributed by atoms with Crippen molar-refractivity contribution in [1.29, 1.82) is 0 Å². The molecule has 0 amide bonds. The van der Waals surface area contributed by atoms with Crippen LogP contribution in [0.1, 0.15) is 33.3 Å². The lowest BCUT2D eigenvalue weighted by atomic mass is 10.2. The molecular weight excluding hydrogens is 198 g/mol. The predicted molar refractivity (Wildman–Crippen MR) is 68.8 cm³/mol. The molecule has 0 saturated carbocycles. The van der Waals surface area contributed by atoms with Crippen LogP contribution in [0, 0.1) is 0 Å². The van der Waals surface area contributed by atoms with E-state index in [0.717, 1.165) is 25.4 Å². The Labute approximate surface area is 99.2 Å². The van der Waals surface area contributed by atoms with E-state index in [2.05, 4.69) is 43.0 Å². The van der Waals surface area contributed by atoms with Crippen molar-refractivity contribution < 1.29 is 4.74 Å². The molecule has 0 aliphatic carbocycles. The van der Waals surface area contributed by atoms with E-state index >= 15 is 0 Å². The van der Waals surface area contributed by atoms with Crippen LogP contribution in [-0.2, 0) is 6.54 Å². The lowest BCUT2D eigenvalue weighted by Crippen LogP contribution is -2.22. The molecule has 0 unspecified atom stereocenters. The Morgan fingerprint density at radius 2 is 1.62 bits per heavy atom. The summed E-state index contributed by atoms with van der Waals surface area (Å²) in [5.41, 5.74) is 1.35. The van der Waals surface area contributed by atoms with E-state index < -0.39 is 0 Å². The van der Waals surface area contributed by atoms with Gasteiger partial charge in [-0.15, -0.1) is 0 Å². The quantitative estimate of drug-likeness (QED) is 0.730. The zero-order valence-corrected chi connectivity index (χ0v) is 10.9. The monoisotopic (exact) mass is 221 g/mol. The lowest BCUT2D eigenvalue weighted by molar-refractivity contribution is 0.242. The topological polar surface area (TPSA) is 12.5 Å². The van der Waals surface area contributed by atoms with Gasteiger partial charge in [0.25, 0.3) is 0 Å². The molecule has 1 aromatic carbocycles. The summed E-state index contributed by atoms with van der Waals surface area (Å²) in [6, 6.07) is 8.41. The first-order valence-electron chi connectivity index (χ1n) is 6.13. The molecule has 1 rings (SSSR count). The van der Waals surface area contributed by atoms with Crippen LogP contribution in [0.3, 0.4) is 0 Å². The molecule has 0 atom stereocenters. The Morgan fingerprint density at radius 1 is 1.06 bits per heavy atom. The fraction of sp³-hybridized carbons (Fsp3) is 0.571. The first kappa shape index (κ1) is 13.0. The highest BCUT2D eigenvalue weighted by Crippen LogP contribution is 2.14. The zero-order valence-electron chi connectivity index (χ0n) is 10.9. The number of hydrogen-bond acceptors (Lipinski definition) is 2. The molecule has 0 aromatic heterocycles. The van der Waals surface area contributed by atoms with Crippen molar-refractivity contribution >= 4 is 0 Å². The van der Waals surface area contributed by atoms with Crippen LogP contribution >= 0.6 is 0 Å². The molecule has 0 spiro atoms. The summed E-state index contributed by atoms with van der Waals surface area (Å²) >= 11 is 0. The van der Waals surface area contributed by atoms with Gasteiger partial charge < -0.3 is 4.74 Å². The third kappa shape index (κ3) is 4.23. The summed E-state index contributed by atoms with van der Waals surface area (Å²) in [6.45, 7) is 11.7. The van der Waals surface area contributed by atoms with Gasteiger partial charge in [0, 0.05) is 6.54 Å². The predicted octanol–water partition coefficient (Wildman–Crippen LogP) is 3.32. The van der Waals surface area contributed by atoms with Gasteiger partial charge >= 0.3 is 0 Å². The molecule has 0 radical (unpaired) electrons. The van der Waals surface area contributed by atoms with Gasteiger partial charge in [-0.2, -0.15) is 0 Å². The third-order valence-corrected chi connectivity index (χ3v) is 2.60. The molecule has 90 valence electrons. The van der Waals surface area contributed by atoms with Crippen LogP contribution < -0.4 is 4.74 Å². The highest BCUT2D eigenvalue weighted by molar-refractivity contribution is 5.27. The molecule has 2 heteroatoms. The van der Waals surface area contributed by atoms with Gasteiger partial charge in [-0.05, 0) is 44.6 Å². The summed E-state index contributed by atoms with van der Waals surface area (Å²) in [5.74, 6) is 0.957. The van der Waals surface area contributed by atoms with Gasteiger partial charge in [-0.1, -0.05) is 26.0 Å². The van der Waals surface area contributed by atoms with Crippen LogP contribution in [0.15, 0.2) is 24.3 Å². The minimum Gasteiger partial charge on any atom is -0.491 e. The smallest absolute Gasteiger partial charge is 0.119 e. The second-order valence-electron chi connectivity index (χ2n) is 4.27. The van der Waals surface area contributed by atoms with E-state index in [9.17, 15) is 0 Å². The maximum atomic E-state index is 5.61. The summed E-state index contributed by atoms with van der Waals surface area (Å²) < 4.78 is 5.61. The van der Waals surface area contributed by atoms with E-state index in [1.165, 1.54) is 5.56 Å². The van der Waals surface area contributed by atoms with Crippen molar-refractivity contribution in [2.75, 3.05) is 13.1 Å². The standard InChI is InChI=1S/C14H23NO/c1-5-15(6-2)11-13-7-9-14(10-8-13)16-12(3)4/h7-10,12H,5-6,11H2,1-4H3. The van der Waals surface area contributed by atoms with Gasteiger partial charge in [-0.25, -0.2) is 0 Å². The van der Waals surface area contributed by atoms with E-state index in [0.29, 0.717) is 0 Å². The summed E-state index contributed by atoms with van der Waals surface area (Å²) in [6.07, 6.45) is 0.244. The Hall–Kier alpha value is -1.02. The number of nitrogens with zero attached hydrogens (tertiary/aromatic N) is 1. The molecule has 0 heterocycles. The van der Waals surface area contributed by atoms with Crippen molar-refractivity contribution in [2.24, 2.45) is 0 Å². The molecule has 0 N–H and O–H groups in total. The first-order chi connectivity index (χ1) is 7.65. The van der Waals surface area contributed by atoms with Crippen LogP contribution in [0.2, 0.25) is 0 Å². The Balaban J connectivity index is 2.57. The van der Waals surface area contributed by atoms with Gasteiger partial charge in [0.2, 0.25) is 0 Å². The number of ether oxygens (including phenoxy) is 1. The van der Waals surface area contributed by atoms with Gasteiger partial charge in [0.05, 0.1) is 6.10 Å². The maximum absolute atomic E-state index is 5.61. The maximum Gasteiger partial charge on any atom is 0.119 e. The minimum absolute atomic E-state index is 0.244. The van der Waals surface area contributed by atoms with Gasteiger partial charge in [0.15, 0.2) is 0 Å². The fourth-order valence-corrected chi connectivity index (χ4v) is 1.65. The zero-order chi connectivity index (χ0) is 12.0. The van der Waals surface area contributed by atoms with Gasteiger partial charge in [0.1, 0.15) is 5.75 Å². The lowest BCUT2D eigenvalue weighted by Gasteiger charge is -2.18. The molecular formula is C14H23NO. The summed E-state index contributed by atoms with van der Waals surface area (Å²) in [7, 11) is 0. The number of benzene rings is 1. The molecule has 0 saturated heterocycles. The van der Waals surface area contributed by atoms with Crippen molar-refractivity contribution in [1.82, 2.24) is 4.90 Å². The van der Waals surface area contributed by atoms with Crippen molar-refractivity contribution in [3.63, 3.8) is 0 Å². The van der Waals surface area contributed by atoms with Crippen molar-refractivity contribution in [3.05, 3.63) is 29.8 Å². The summed E-state index contributed by atoms with van der Waals surface area (Å²) in [4.78, 5) is 2.40. The Morgan fingerprint density at radius 3 is 2.06 bits per heavy atom. The molecule has 16 heavy (non-hydrogen) atoms. The fourth-order valence-electron chi connectivity index (χ4n) is 1.65.